The van der Waals surface area contributed by atoms with Gasteiger partial charge >= 0.3 is 5.97 Å². The molecule has 8 nitrogen and oxygen atoms in total. The number of benzene rings is 3. The summed E-state index contributed by atoms with van der Waals surface area (Å²) in [4.78, 5) is 27.0. The predicted molar refractivity (Wildman–Crippen MR) is 124 cm³/mol. The molecule has 2 heterocycles. The molecule has 0 aliphatic carbocycles. The topological polar surface area (TPSA) is 120 Å². The highest BCUT2D eigenvalue weighted by Gasteiger charge is 2.60. The van der Waals surface area contributed by atoms with Gasteiger partial charge in [0, 0.05) is 28.2 Å². The maximum absolute atomic E-state index is 13.7. The van der Waals surface area contributed by atoms with Gasteiger partial charge in [0.2, 0.25) is 11.8 Å². The van der Waals surface area contributed by atoms with Crippen molar-refractivity contribution < 1.29 is 28.9 Å². The van der Waals surface area contributed by atoms with Crippen molar-refractivity contribution in [1.82, 2.24) is 0 Å². The third-order valence-corrected chi connectivity index (χ3v) is 6.38. The molecule has 4 N–H and O–H groups in total. The number of nitrogens with one attached hydrogen (secondary N) is 1. The minimum atomic E-state index is -1.78. The summed E-state index contributed by atoms with van der Waals surface area (Å²) in [6.45, 7) is 0.110. The van der Waals surface area contributed by atoms with Crippen LogP contribution in [0, 0.1) is 0 Å². The first kappa shape index (κ1) is 21.3. The number of amides is 1. The van der Waals surface area contributed by atoms with Gasteiger partial charge in [-0.05, 0) is 29.7 Å². The Hall–Kier alpha value is -3.56. The molecule has 9 heteroatoms. The number of carbonyl (C=O) groups is 2. The maximum Gasteiger partial charge on any atom is 0.341 e. The summed E-state index contributed by atoms with van der Waals surface area (Å²) in [7, 11) is 1.48. The first-order valence-corrected chi connectivity index (χ1v) is 10.9. The Morgan fingerprint density at radius 1 is 1.21 bits per heavy atom. The number of phenolic OH excluding ortho intramolecular Hbond substituents is 1. The summed E-state index contributed by atoms with van der Waals surface area (Å²) in [5, 5.41) is 15.3. The number of hydrogen-bond donors (Lipinski definition) is 3. The number of ether oxygens (including phenoxy) is 3. The normalized spacial score (nSPS) is 18.7. The molecule has 5 rings (SSSR count). The van der Waals surface area contributed by atoms with Crippen LogP contribution in [0.3, 0.4) is 0 Å². The number of aromatic hydroxyl groups is 1. The van der Waals surface area contributed by atoms with Crippen LogP contribution in [-0.2, 0) is 24.5 Å². The van der Waals surface area contributed by atoms with Gasteiger partial charge in [-0.15, -0.1) is 0 Å². The number of nitrogens with two attached hydrogens (primary N) is 1. The summed E-state index contributed by atoms with van der Waals surface area (Å²) < 4.78 is 16.9. The minimum absolute atomic E-state index is 0.0499. The number of esters is 1. The summed E-state index contributed by atoms with van der Waals surface area (Å²) in [6, 6.07) is 14.0. The fraction of sp³-hybridized carbons (Fsp3) is 0.167. The Labute approximate surface area is 197 Å². The fourth-order valence-corrected chi connectivity index (χ4v) is 4.91. The van der Waals surface area contributed by atoms with E-state index < -0.39 is 17.3 Å². The van der Waals surface area contributed by atoms with Gasteiger partial charge in [0.05, 0.1) is 12.2 Å². The van der Waals surface area contributed by atoms with Crippen LogP contribution in [0.1, 0.15) is 11.1 Å². The Morgan fingerprint density at radius 3 is 2.79 bits per heavy atom. The Balaban J connectivity index is 1.87. The van der Waals surface area contributed by atoms with Gasteiger partial charge in [-0.2, -0.15) is 0 Å². The van der Waals surface area contributed by atoms with E-state index in [1.165, 1.54) is 13.2 Å². The van der Waals surface area contributed by atoms with E-state index in [0.29, 0.717) is 26.5 Å². The second-order valence-corrected chi connectivity index (χ2v) is 8.60. The molecule has 0 aromatic heterocycles. The van der Waals surface area contributed by atoms with E-state index in [1.54, 1.807) is 30.3 Å². The van der Waals surface area contributed by atoms with E-state index in [9.17, 15) is 14.7 Å². The molecule has 0 fully saturated rings. The molecule has 1 atom stereocenters. The van der Waals surface area contributed by atoms with Crippen LogP contribution in [0.4, 0.5) is 5.69 Å². The van der Waals surface area contributed by atoms with Gasteiger partial charge in [0.15, 0.2) is 0 Å². The quantitative estimate of drug-likeness (QED) is 0.363. The second-order valence-electron chi connectivity index (χ2n) is 7.69. The summed E-state index contributed by atoms with van der Waals surface area (Å²) in [5.41, 5.74) is 5.37. The van der Waals surface area contributed by atoms with Crippen LogP contribution in [0.5, 0.6) is 11.5 Å². The molecule has 2 aliphatic heterocycles. The Morgan fingerprint density at radius 2 is 2.00 bits per heavy atom. The monoisotopic (exact) mass is 510 g/mol. The zero-order chi connectivity index (χ0) is 23.3. The van der Waals surface area contributed by atoms with Crippen LogP contribution < -0.4 is 15.8 Å². The second kappa shape index (κ2) is 7.79. The van der Waals surface area contributed by atoms with Crippen LogP contribution in [0.15, 0.2) is 64.5 Å². The van der Waals surface area contributed by atoms with Gasteiger partial charge in [-0.25, -0.2) is 4.79 Å². The van der Waals surface area contributed by atoms with E-state index >= 15 is 0 Å². The summed E-state index contributed by atoms with van der Waals surface area (Å²) >= 11 is 3.44. The lowest BCUT2D eigenvalue weighted by Gasteiger charge is -2.36. The standard InChI is InChI=1S/C24H19BrN2O6/c1-31-8-9-32-22(29)19-21(26)33-20-14-5-3-2-4-12(14)10-17(28)18(20)24(19)15-11-13(25)6-7-16(15)27-23(24)30/h2-7,10-11,28H,8-9,26H2,1H3,(H,27,30)/t24-/m0/s1. The number of phenols is 1. The Kier molecular flexibility index (Phi) is 5.02. The first-order valence-electron chi connectivity index (χ1n) is 10.1. The molecule has 1 amide bonds. The van der Waals surface area contributed by atoms with Crippen LogP contribution in [-0.4, -0.2) is 37.3 Å². The molecule has 0 radical (unpaired) electrons. The fourth-order valence-electron chi connectivity index (χ4n) is 4.55. The molecule has 168 valence electrons. The zero-order valence-electron chi connectivity index (χ0n) is 17.5. The van der Waals surface area contributed by atoms with E-state index in [4.69, 9.17) is 19.9 Å². The number of rotatable bonds is 4. The predicted octanol–water partition coefficient (Wildman–Crippen LogP) is 3.30. The smallest absolute Gasteiger partial charge is 0.341 e. The molecule has 0 unspecified atom stereocenters. The molecule has 0 bridgehead atoms. The van der Waals surface area contributed by atoms with Crippen LogP contribution in [0.25, 0.3) is 10.8 Å². The highest BCUT2D eigenvalue weighted by atomic mass is 79.9. The SMILES string of the molecule is COCCOC(=O)C1=C(N)Oc2c(c(O)cc3ccccc23)[C@]12C(=O)Nc1ccc(Br)cc12. The average Bonchev–Trinajstić information content (AvgIpc) is 3.05. The largest absolute Gasteiger partial charge is 0.507 e. The van der Waals surface area contributed by atoms with Crippen molar-refractivity contribution in [1.29, 1.82) is 0 Å². The molecule has 33 heavy (non-hydrogen) atoms. The molecule has 2 aliphatic rings. The third-order valence-electron chi connectivity index (χ3n) is 5.89. The number of halogens is 1. The Bertz CT molecular complexity index is 1370. The van der Waals surface area contributed by atoms with E-state index in [0.717, 1.165) is 0 Å². The van der Waals surface area contributed by atoms with Crippen LogP contribution >= 0.6 is 15.9 Å². The van der Waals surface area contributed by atoms with Gasteiger partial charge in [0.25, 0.3) is 0 Å². The highest BCUT2D eigenvalue weighted by Crippen LogP contribution is 2.58. The van der Waals surface area contributed by atoms with Crippen molar-refractivity contribution in [3.05, 3.63) is 75.6 Å². The van der Waals surface area contributed by atoms with Gasteiger partial charge < -0.3 is 30.4 Å². The number of fused-ring (bicyclic) bond motifs is 6. The van der Waals surface area contributed by atoms with E-state index in [2.05, 4.69) is 21.2 Å². The molecular formula is C24H19BrN2O6. The van der Waals surface area contributed by atoms with E-state index in [-0.39, 0.29) is 41.7 Å². The first-order chi connectivity index (χ1) is 15.9. The van der Waals surface area contributed by atoms with Crippen molar-refractivity contribution in [3.8, 4) is 11.5 Å². The summed E-state index contributed by atoms with van der Waals surface area (Å²) in [6.07, 6.45) is 0. The van der Waals surface area contributed by atoms with Crippen molar-refractivity contribution >= 4 is 44.3 Å². The lowest BCUT2D eigenvalue weighted by Crippen LogP contribution is -2.46. The van der Waals surface area contributed by atoms with Crippen molar-refractivity contribution in [2.75, 3.05) is 25.6 Å². The van der Waals surface area contributed by atoms with Gasteiger partial charge in [0.1, 0.15) is 29.1 Å². The molecular weight excluding hydrogens is 492 g/mol. The summed E-state index contributed by atoms with van der Waals surface area (Å²) in [5.74, 6) is -1.66. The van der Waals surface area contributed by atoms with Gasteiger partial charge in [-0.1, -0.05) is 40.2 Å². The number of methoxy groups -OCH3 is 1. The van der Waals surface area contributed by atoms with Crippen molar-refractivity contribution in [2.45, 2.75) is 5.41 Å². The molecule has 0 saturated carbocycles. The third kappa shape index (κ3) is 3.00. The molecule has 3 aromatic carbocycles. The molecule has 3 aromatic rings. The minimum Gasteiger partial charge on any atom is -0.507 e. The van der Waals surface area contributed by atoms with Crippen molar-refractivity contribution in [3.63, 3.8) is 0 Å². The molecule has 0 saturated heterocycles. The number of hydrogen-bond acceptors (Lipinski definition) is 7. The number of anilines is 1. The maximum atomic E-state index is 13.7. The average molecular weight is 511 g/mol. The highest BCUT2D eigenvalue weighted by molar-refractivity contribution is 9.10. The zero-order valence-corrected chi connectivity index (χ0v) is 19.1. The molecule has 1 spiro atoms. The van der Waals surface area contributed by atoms with Crippen molar-refractivity contribution in [2.24, 2.45) is 5.73 Å². The number of carbonyl (C=O) groups excluding carboxylic acids is 2. The van der Waals surface area contributed by atoms with Crippen LogP contribution in [0.2, 0.25) is 0 Å². The lowest BCUT2D eigenvalue weighted by atomic mass is 9.67. The van der Waals surface area contributed by atoms with Gasteiger partial charge in [-0.3, -0.25) is 4.79 Å². The lowest BCUT2D eigenvalue weighted by molar-refractivity contribution is -0.142. The van der Waals surface area contributed by atoms with E-state index in [1.807, 2.05) is 12.1 Å².